The molecule has 1 N–H and O–H groups in total. The first-order valence-electron chi connectivity index (χ1n) is 7.21. The number of benzene rings is 1. The zero-order valence-electron chi connectivity index (χ0n) is 13.0. The Morgan fingerprint density at radius 2 is 2.09 bits per heavy atom. The Morgan fingerprint density at radius 1 is 1.36 bits per heavy atom. The van der Waals surface area contributed by atoms with Gasteiger partial charge in [0.05, 0.1) is 13.0 Å². The van der Waals surface area contributed by atoms with E-state index in [0.29, 0.717) is 17.9 Å². The minimum Gasteiger partial charge on any atom is -0.469 e. The van der Waals surface area contributed by atoms with Gasteiger partial charge in [-0.05, 0) is 18.2 Å². The summed E-state index contributed by atoms with van der Waals surface area (Å²) < 4.78 is 4.69. The molecule has 1 aliphatic rings. The van der Waals surface area contributed by atoms with E-state index >= 15 is 0 Å². The van der Waals surface area contributed by atoms with Crippen LogP contribution >= 0.6 is 0 Å². The van der Waals surface area contributed by atoms with Gasteiger partial charge in [-0.25, -0.2) is 0 Å². The molecule has 1 heterocycles. The van der Waals surface area contributed by atoms with Gasteiger partial charge in [0.25, 0.3) is 0 Å². The largest absolute Gasteiger partial charge is 0.469 e. The number of methoxy groups -OCH3 is 1. The lowest BCUT2D eigenvalue weighted by molar-refractivity contribution is -0.145. The summed E-state index contributed by atoms with van der Waals surface area (Å²) in [6, 6.07) is 7.05. The van der Waals surface area contributed by atoms with Gasteiger partial charge in [0.1, 0.15) is 0 Å². The van der Waals surface area contributed by atoms with E-state index in [2.05, 4.69) is 5.32 Å². The monoisotopic (exact) mass is 304 g/mol. The zero-order chi connectivity index (χ0) is 16.3. The summed E-state index contributed by atoms with van der Waals surface area (Å²) in [5, 5.41) is 2.80. The second-order valence-corrected chi connectivity index (χ2v) is 5.62. The lowest BCUT2D eigenvalue weighted by Crippen LogP contribution is -2.26. The van der Waals surface area contributed by atoms with Crippen LogP contribution < -0.4 is 10.2 Å². The lowest BCUT2D eigenvalue weighted by Gasteiger charge is -2.18. The Bertz CT molecular complexity index is 598. The third kappa shape index (κ3) is 3.44. The van der Waals surface area contributed by atoms with Gasteiger partial charge in [0.2, 0.25) is 11.8 Å². The average molecular weight is 304 g/mol. The maximum Gasteiger partial charge on any atom is 0.311 e. The Labute approximate surface area is 129 Å². The van der Waals surface area contributed by atoms with Crippen LogP contribution in [0.4, 0.5) is 11.4 Å². The Morgan fingerprint density at radius 3 is 2.73 bits per heavy atom. The third-order valence-corrected chi connectivity index (χ3v) is 3.61. The van der Waals surface area contributed by atoms with Crippen LogP contribution in [0, 0.1) is 11.8 Å². The first kappa shape index (κ1) is 16.0. The summed E-state index contributed by atoms with van der Waals surface area (Å²) in [6.45, 7) is 3.92. The van der Waals surface area contributed by atoms with Crippen molar-refractivity contribution in [3.05, 3.63) is 24.3 Å². The van der Waals surface area contributed by atoms with E-state index < -0.39 is 5.92 Å². The molecule has 1 fully saturated rings. The smallest absolute Gasteiger partial charge is 0.311 e. The molecule has 0 spiro atoms. The zero-order valence-corrected chi connectivity index (χ0v) is 13.0. The van der Waals surface area contributed by atoms with Crippen LogP contribution in [0.3, 0.4) is 0 Å². The summed E-state index contributed by atoms with van der Waals surface area (Å²) in [6.07, 6.45) is 0.148. The summed E-state index contributed by atoms with van der Waals surface area (Å²) in [5.74, 6) is -1.15. The molecule has 6 nitrogen and oxygen atoms in total. The minimum atomic E-state index is -0.439. The molecule has 118 valence electrons. The molecule has 1 aliphatic heterocycles. The van der Waals surface area contributed by atoms with E-state index in [9.17, 15) is 14.4 Å². The van der Waals surface area contributed by atoms with Crippen LogP contribution in [0.15, 0.2) is 24.3 Å². The normalized spacial score (nSPS) is 17.7. The number of hydrogen-bond donors (Lipinski definition) is 1. The Hall–Kier alpha value is -2.37. The predicted molar refractivity (Wildman–Crippen MR) is 82.4 cm³/mol. The molecule has 1 unspecified atom stereocenters. The van der Waals surface area contributed by atoms with Crippen molar-refractivity contribution in [2.45, 2.75) is 20.3 Å². The fourth-order valence-electron chi connectivity index (χ4n) is 2.32. The molecule has 0 aliphatic carbocycles. The summed E-state index contributed by atoms with van der Waals surface area (Å²) in [7, 11) is 1.32. The molecule has 22 heavy (non-hydrogen) atoms. The van der Waals surface area contributed by atoms with Gasteiger partial charge in [-0.1, -0.05) is 19.9 Å². The molecule has 0 radical (unpaired) electrons. The van der Waals surface area contributed by atoms with E-state index in [4.69, 9.17) is 4.74 Å². The van der Waals surface area contributed by atoms with Gasteiger partial charge in [-0.15, -0.1) is 0 Å². The van der Waals surface area contributed by atoms with Crippen LogP contribution in [-0.2, 0) is 19.1 Å². The number of anilines is 2. The molecule has 1 aromatic carbocycles. The van der Waals surface area contributed by atoms with E-state index in [1.807, 2.05) is 13.8 Å². The predicted octanol–water partition coefficient (Wildman–Crippen LogP) is 1.81. The average Bonchev–Trinajstić information content (AvgIpc) is 2.88. The highest BCUT2D eigenvalue weighted by Crippen LogP contribution is 2.27. The van der Waals surface area contributed by atoms with Crippen molar-refractivity contribution in [2.75, 3.05) is 23.9 Å². The van der Waals surface area contributed by atoms with Crippen LogP contribution in [0.5, 0.6) is 0 Å². The van der Waals surface area contributed by atoms with Crippen molar-refractivity contribution in [2.24, 2.45) is 11.8 Å². The molecular formula is C16H20N2O4. The number of nitrogens with zero attached hydrogens (tertiary/aromatic N) is 1. The molecule has 0 aromatic heterocycles. The van der Waals surface area contributed by atoms with Crippen LogP contribution in [-0.4, -0.2) is 31.4 Å². The number of esters is 1. The van der Waals surface area contributed by atoms with Crippen molar-refractivity contribution in [1.29, 1.82) is 0 Å². The Kier molecular flexibility index (Phi) is 4.80. The van der Waals surface area contributed by atoms with E-state index in [0.717, 1.165) is 0 Å². The van der Waals surface area contributed by atoms with Crippen molar-refractivity contribution in [3.63, 3.8) is 0 Å². The molecule has 2 rings (SSSR count). The molecule has 1 atom stereocenters. The summed E-state index contributed by atoms with van der Waals surface area (Å²) >= 11 is 0. The highest BCUT2D eigenvalue weighted by atomic mass is 16.5. The SMILES string of the molecule is COC(=O)C1CC(=O)N(c2cccc(NC(=O)C(C)C)c2)C1. The number of carbonyl (C=O) groups is 3. The maximum absolute atomic E-state index is 12.1. The van der Waals surface area contributed by atoms with E-state index in [1.54, 1.807) is 29.2 Å². The first-order valence-corrected chi connectivity index (χ1v) is 7.21. The van der Waals surface area contributed by atoms with Crippen LogP contribution in [0.1, 0.15) is 20.3 Å². The number of carbonyl (C=O) groups excluding carboxylic acids is 3. The molecule has 6 heteroatoms. The number of nitrogens with one attached hydrogen (secondary N) is 1. The second kappa shape index (κ2) is 6.60. The van der Waals surface area contributed by atoms with Gasteiger partial charge in [-0.2, -0.15) is 0 Å². The van der Waals surface area contributed by atoms with E-state index in [1.165, 1.54) is 7.11 Å². The van der Waals surface area contributed by atoms with Crippen LogP contribution in [0.2, 0.25) is 0 Å². The third-order valence-electron chi connectivity index (χ3n) is 3.61. The van der Waals surface area contributed by atoms with Gasteiger partial charge in [0.15, 0.2) is 0 Å². The van der Waals surface area contributed by atoms with Gasteiger partial charge < -0.3 is 15.0 Å². The van der Waals surface area contributed by atoms with Crippen molar-refractivity contribution in [1.82, 2.24) is 0 Å². The molecule has 0 saturated carbocycles. The molecule has 1 saturated heterocycles. The molecule has 1 aromatic rings. The number of rotatable bonds is 4. The highest BCUT2D eigenvalue weighted by molar-refractivity contribution is 6.00. The quantitative estimate of drug-likeness (QED) is 0.861. The van der Waals surface area contributed by atoms with Gasteiger partial charge >= 0.3 is 5.97 Å². The topological polar surface area (TPSA) is 75.7 Å². The highest BCUT2D eigenvalue weighted by Gasteiger charge is 2.35. The fraction of sp³-hybridized carbons (Fsp3) is 0.438. The number of hydrogen-bond acceptors (Lipinski definition) is 4. The second-order valence-electron chi connectivity index (χ2n) is 5.62. The molecule has 0 bridgehead atoms. The first-order chi connectivity index (χ1) is 10.4. The number of ether oxygens (including phenoxy) is 1. The molecule has 2 amide bonds. The van der Waals surface area contributed by atoms with E-state index in [-0.39, 0.29) is 30.1 Å². The standard InChI is InChI=1S/C16H20N2O4/c1-10(2)15(20)17-12-5-4-6-13(8-12)18-9-11(7-14(18)19)16(21)22-3/h4-6,8,10-11H,7,9H2,1-3H3,(H,17,20). The Balaban J connectivity index is 2.14. The van der Waals surface area contributed by atoms with Gasteiger partial charge in [-0.3, -0.25) is 14.4 Å². The van der Waals surface area contributed by atoms with Crippen molar-refractivity contribution in [3.8, 4) is 0 Å². The summed E-state index contributed by atoms with van der Waals surface area (Å²) in [4.78, 5) is 36.9. The van der Waals surface area contributed by atoms with Crippen molar-refractivity contribution >= 4 is 29.2 Å². The van der Waals surface area contributed by atoms with Crippen molar-refractivity contribution < 1.29 is 19.1 Å². The fourth-order valence-corrected chi connectivity index (χ4v) is 2.32. The summed E-state index contributed by atoms with van der Waals surface area (Å²) in [5.41, 5.74) is 1.29. The minimum absolute atomic E-state index is 0.0858. The van der Waals surface area contributed by atoms with Crippen LogP contribution in [0.25, 0.3) is 0 Å². The van der Waals surface area contributed by atoms with Gasteiger partial charge in [0, 0.05) is 30.3 Å². The number of amides is 2. The maximum atomic E-state index is 12.1. The molecular weight excluding hydrogens is 284 g/mol. The lowest BCUT2D eigenvalue weighted by atomic mass is 10.1.